The fourth-order valence-corrected chi connectivity index (χ4v) is 6.60. The highest BCUT2D eigenvalue weighted by Crippen LogP contribution is 2.38. The molecule has 9 nitrogen and oxygen atoms in total. The number of methoxy groups -OCH3 is 2. The zero-order valence-corrected chi connectivity index (χ0v) is 25.7. The molecule has 1 aliphatic rings. The summed E-state index contributed by atoms with van der Waals surface area (Å²) < 4.78 is 24.8. The van der Waals surface area contributed by atoms with E-state index in [9.17, 15) is 14.4 Å². The first-order valence-electron chi connectivity index (χ1n) is 11.7. The Balaban J connectivity index is 2.04. The number of allylic oxidation sites excluding steroid dienone is 1. The molecule has 2 aromatic carbocycles. The van der Waals surface area contributed by atoms with Crippen molar-refractivity contribution >= 4 is 61.2 Å². The Morgan fingerprint density at radius 3 is 2.54 bits per heavy atom. The van der Waals surface area contributed by atoms with E-state index in [0.717, 1.165) is 11.3 Å². The number of rotatable bonds is 7. The van der Waals surface area contributed by atoms with Gasteiger partial charge in [0.15, 0.2) is 10.6 Å². The van der Waals surface area contributed by atoms with Crippen LogP contribution in [0.4, 0.5) is 0 Å². The molecule has 3 aromatic rings. The van der Waals surface area contributed by atoms with Gasteiger partial charge in [-0.2, -0.15) is 0 Å². The topological polar surface area (TPSA) is 105 Å². The third kappa shape index (κ3) is 5.73. The molecule has 0 saturated carbocycles. The maximum Gasteiger partial charge on any atom is 0.338 e. The van der Waals surface area contributed by atoms with Crippen molar-refractivity contribution in [2.24, 2.45) is 4.99 Å². The Morgan fingerprint density at radius 1 is 1.15 bits per heavy atom. The molecule has 0 aliphatic carbocycles. The van der Waals surface area contributed by atoms with Gasteiger partial charge in [0.05, 0.1) is 41.1 Å². The lowest BCUT2D eigenvalue weighted by Gasteiger charge is -2.26. The van der Waals surface area contributed by atoms with E-state index in [-0.39, 0.29) is 17.9 Å². The number of hydrogen-bond donors (Lipinski definition) is 0. The highest BCUT2D eigenvalue weighted by molar-refractivity contribution is 9.11. The van der Waals surface area contributed by atoms with Gasteiger partial charge in [-0.1, -0.05) is 27.3 Å². The van der Waals surface area contributed by atoms with Gasteiger partial charge in [0.1, 0.15) is 17.5 Å². The molecule has 0 radical (unpaired) electrons. The highest BCUT2D eigenvalue weighted by Gasteiger charge is 2.35. The SMILES string of the molecule is CCOC(=O)C1=C(C)N=c2s/c(=C\c3cc(Br)cc(Br)c3OC(C)=O)c(=O)n2[C@H]1c1cc(OC)ccc1OC. The number of carbonyl (C=O) groups excluding carboxylic acids is 2. The normalized spacial score (nSPS) is 14.9. The molecule has 1 aliphatic heterocycles. The van der Waals surface area contributed by atoms with E-state index >= 15 is 0 Å². The van der Waals surface area contributed by atoms with Crippen molar-refractivity contribution in [2.45, 2.75) is 26.8 Å². The first-order chi connectivity index (χ1) is 18.6. The van der Waals surface area contributed by atoms with Gasteiger partial charge in [-0.25, -0.2) is 9.79 Å². The lowest BCUT2D eigenvalue weighted by molar-refractivity contribution is -0.139. The molecule has 0 amide bonds. The largest absolute Gasteiger partial charge is 0.497 e. The van der Waals surface area contributed by atoms with Crippen molar-refractivity contribution in [3.8, 4) is 17.2 Å². The standard InChI is InChI=1S/C27H24Br2N2O7S/c1-6-37-26(34)22-13(2)30-27-31(23(22)18-12-17(35-4)7-8-20(18)36-5)25(33)21(39-27)10-15-9-16(28)11-19(29)24(15)38-14(3)32/h7-12,23H,6H2,1-5H3/b21-10-/t23-/m0/s1. The first-order valence-corrected chi connectivity index (χ1v) is 14.1. The smallest absolute Gasteiger partial charge is 0.338 e. The number of nitrogens with zero attached hydrogens (tertiary/aromatic N) is 2. The Bertz CT molecular complexity index is 1690. The second kappa shape index (κ2) is 11.9. The molecule has 1 aromatic heterocycles. The molecule has 204 valence electrons. The number of halogens is 2. The number of aromatic nitrogens is 1. The number of hydrogen-bond acceptors (Lipinski definition) is 9. The van der Waals surface area contributed by atoms with Crippen molar-refractivity contribution < 1.29 is 28.5 Å². The molecule has 0 bridgehead atoms. The monoisotopic (exact) mass is 678 g/mol. The molecule has 0 spiro atoms. The number of carbonyl (C=O) groups is 2. The van der Waals surface area contributed by atoms with Crippen LogP contribution in [-0.2, 0) is 14.3 Å². The molecular formula is C27H24Br2N2O7S. The summed E-state index contributed by atoms with van der Waals surface area (Å²) in [6, 6.07) is 7.75. The van der Waals surface area contributed by atoms with E-state index in [1.54, 1.807) is 50.3 Å². The zero-order valence-electron chi connectivity index (χ0n) is 21.7. The Hall–Kier alpha value is -3.22. The minimum atomic E-state index is -0.894. The van der Waals surface area contributed by atoms with Crippen LogP contribution in [0.25, 0.3) is 6.08 Å². The molecule has 2 heterocycles. The number of esters is 2. The maximum atomic E-state index is 14.0. The maximum absolute atomic E-state index is 14.0. The van der Waals surface area contributed by atoms with Crippen molar-refractivity contribution in [3.05, 3.63) is 81.4 Å². The molecule has 0 N–H and O–H groups in total. The van der Waals surface area contributed by atoms with Gasteiger partial charge in [0.25, 0.3) is 5.56 Å². The van der Waals surface area contributed by atoms with Crippen LogP contribution in [0.5, 0.6) is 17.2 Å². The molecule has 12 heteroatoms. The number of thiazole rings is 1. The molecule has 39 heavy (non-hydrogen) atoms. The van der Waals surface area contributed by atoms with Crippen molar-refractivity contribution in [3.63, 3.8) is 0 Å². The van der Waals surface area contributed by atoms with Gasteiger partial charge in [-0.3, -0.25) is 14.2 Å². The molecule has 0 unspecified atom stereocenters. The lowest BCUT2D eigenvalue weighted by Crippen LogP contribution is -2.40. The molecular weight excluding hydrogens is 656 g/mol. The lowest BCUT2D eigenvalue weighted by atomic mass is 9.94. The van der Waals surface area contributed by atoms with E-state index in [1.807, 2.05) is 0 Å². The van der Waals surface area contributed by atoms with E-state index in [0.29, 0.717) is 46.6 Å². The average Bonchev–Trinajstić information content (AvgIpc) is 3.18. The van der Waals surface area contributed by atoms with Gasteiger partial charge in [0, 0.05) is 22.5 Å². The van der Waals surface area contributed by atoms with Crippen LogP contribution in [-0.4, -0.2) is 37.3 Å². The van der Waals surface area contributed by atoms with Crippen molar-refractivity contribution in [1.29, 1.82) is 0 Å². The predicted molar refractivity (Wildman–Crippen MR) is 153 cm³/mol. The van der Waals surface area contributed by atoms with Crippen molar-refractivity contribution in [2.75, 3.05) is 20.8 Å². The molecule has 1 atom stereocenters. The zero-order chi connectivity index (χ0) is 28.4. The average molecular weight is 680 g/mol. The summed E-state index contributed by atoms with van der Waals surface area (Å²) in [7, 11) is 3.04. The van der Waals surface area contributed by atoms with Crippen LogP contribution in [0, 0.1) is 0 Å². The summed E-state index contributed by atoms with van der Waals surface area (Å²) >= 11 is 8.01. The quantitative estimate of drug-likeness (QED) is 0.271. The first kappa shape index (κ1) is 28.8. The van der Waals surface area contributed by atoms with Gasteiger partial charge < -0.3 is 18.9 Å². The van der Waals surface area contributed by atoms with E-state index < -0.39 is 23.5 Å². The number of ether oxygens (including phenoxy) is 4. The highest BCUT2D eigenvalue weighted by atomic mass is 79.9. The summed E-state index contributed by atoms with van der Waals surface area (Å²) in [5, 5.41) is 0. The number of fused-ring (bicyclic) bond motifs is 1. The third-order valence-electron chi connectivity index (χ3n) is 5.82. The van der Waals surface area contributed by atoms with Crippen LogP contribution in [0.1, 0.15) is 37.9 Å². The minimum Gasteiger partial charge on any atom is -0.497 e. The van der Waals surface area contributed by atoms with E-state index in [2.05, 4.69) is 36.9 Å². The molecule has 0 saturated heterocycles. The fourth-order valence-electron chi connectivity index (χ4n) is 4.22. The van der Waals surface area contributed by atoms with Gasteiger partial charge in [0.2, 0.25) is 0 Å². The Morgan fingerprint density at radius 2 is 1.90 bits per heavy atom. The van der Waals surface area contributed by atoms with Crippen molar-refractivity contribution in [1.82, 2.24) is 4.57 Å². The third-order valence-corrected chi connectivity index (χ3v) is 7.85. The summed E-state index contributed by atoms with van der Waals surface area (Å²) in [6.45, 7) is 4.86. The van der Waals surface area contributed by atoms with E-state index in [4.69, 9.17) is 18.9 Å². The van der Waals surface area contributed by atoms with Crippen LogP contribution in [0.3, 0.4) is 0 Å². The van der Waals surface area contributed by atoms with Crippen LogP contribution in [0.15, 0.2) is 60.3 Å². The summed E-state index contributed by atoms with van der Waals surface area (Å²) in [4.78, 5) is 43.9. The molecule has 4 rings (SSSR count). The van der Waals surface area contributed by atoms with Crippen LogP contribution >= 0.6 is 43.2 Å². The van der Waals surface area contributed by atoms with Crippen LogP contribution in [0.2, 0.25) is 0 Å². The number of benzene rings is 2. The summed E-state index contributed by atoms with van der Waals surface area (Å²) in [6.07, 6.45) is 1.63. The van der Waals surface area contributed by atoms with Crippen LogP contribution < -0.4 is 29.1 Å². The Labute approximate surface area is 244 Å². The van der Waals surface area contributed by atoms with Gasteiger partial charge in [-0.05, 0) is 66.2 Å². The summed E-state index contributed by atoms with van der Waals surface area (Å²) in [5.74, 6) is 0.159. The van der Waals surface area contributed by atoms with Gasteiger partial charge in [-0.15, -0.1) is 0 Å². The predicted octanol–water partition coefficient (Wildman–Crippen LogP) is 4.27. The fraction of sp³-hybridized carbons (Fsp3) is 0.259. The summed E-state index contributed by atoms with van der Waals surface area (Å²) in [5.41, 5.74) is 1.27. The second-order valence-corrected chi connectivity index (χ2v) is 11.1. The minimum absolute atomic E-state index is 0.151. The van der Waals surface area contributed by atoms with E-state index in [1.165, 1.54) is 25.7 Å². The van der Waals surface area contributed by atoms with Gasteiger partial charge >= 0.3 is 11.9 Å². The Kier molecular flexibility index (Phi) is 8.77. The second-order valence-electron chi connectivity index (χ2n) is 8.31. The molecule has 0 fully saturated rings.